The zero-order chi connectivity index (χ0) is 12.6. The van der Waals surface area contributed by atoms with Gasteiger partial charge in [0.05, 0.1) is 12.3 Å². The highest BCUT2D eigenvalue weighted by Gasteiger charge is 2.48. The molecule has 1 fully saturated rings. The molecule has 3 nitrogen and oxygen atoms in total. The number of hydrogen-bond donors (Lipinski definition) is 2. The van der Waals surface area contributed by atoms with Gasteiger partial charge in [-0.3, -0.25) is 4.79 Å². The molecule has 0 spiro atoms. The summed E-state index contributed by atoms with van der Waals surface area (Å²) in [6.45, 7) is 1.84. The molecule has 0 aromatic carbocycles. The summed E-state index contributed by atoms with van der Waals surface area (Å²) in [6, 6.07) is -0.571. The van der Waals surface area contributed by atoms with Gasteiger partial charge < -0.3 is 10.8 Å². The molecular formula is C10H16F3NO2. The lowest BCUT2D eigenvalue weighted by molar-refractivity contribution is -0.186. The number of alkyl halides is 3. The van der Waals surface area contributed by atoms with Gasteiger partial charge in [-0.25, -0.2) is 0 Å². The highest BCUT2D eigenvalue weighted by atomic mass is 19.4. The Hall–Kier alpha value is -0.780. The highest BCUT2D eigenvalue weighted by Crippen LogP contribution is 2.50. The minimum Gasteiger partial charge on any atom is -0.481 e. The van der Waals surface area contributed by atoms with E-state index < -0.39 is 30.5 Å². The first-order valence-electron chi connectivity index (χ1n) is 5.19. The van der Waals surface area contributed by atoms with E-state index in [1.165, 1.54) is 0 Å². The average Bonchev–Trinajstić information content (AvgIpc) is 2.81. The van der Waals surface area contributed by atoms with E-state index in [0.29, 0.717) is 0 Å². The van der Waals surface area contributed by atoms with E-state index in [2.05, 4.69) is 0 Å². The molecule has 1 rings (SSSR count). The summed E-state index contributed by atoms with van der Waals surface area (Å²) in [5.74, 6) is -3.27. The van der Waals surface area contributed by atoms with Crippen LogP contribution in [0.4, 0.5) is 13.2 Å². The van der Waals surface area contributed by atoms with Gasteiger partial charge in [-0.05, 0) is 24.7 Å². The first kappa shape index (κ1) is 13.3. The zero-order valence-corrected chi connectivity index (χ0v) is 9.05. The standard InChI is InChI=1S/C10H16F3NO2/c1-9(2-3-9)7(14)4-6(5-8(15)16)10(11,12)13/h6-7H,2-5,14H2,1H3,(H,15,16)/t6-,7+/m1/s1. The van der Waals surface area contributed by atoms with E-state index in [1.54, 1.807) is 0 Å². The third-order valence-corrected chi connectivity index (χ3v) is 3.36. The number of carboxylic acids is 1. The van der Waals surface area contributed by atoms with E-state index in [4.69, 9.17) is 10.8 Å². The Balaban J connectivity index is 2.59. The molecule has 0 aliphatic heterocycles. The summed E-state index contributed by atoms with van der Waals surface area (Å²) in [6.07, 6.45) is -4.03. The molecule has 0 bridgehead atoms. The normalized spacial score (nSPS) is 22.6. The van der Waals surface area contributed by atoms with Crippen molar-refractivity contribution in [3.63, 3.8) is 0 Å². The molecule has 0 unspecified atom stereocenters. The first-order valence-corrected chi connectivity index (χ1v) is 5.19. The molecule has 3 N–H and O–H groups in total. The van der Waals surface area contributed by atoms with E-state index in [1.807, 2.05) is 6.92 Å². The highest BCUT2D eigenvalue weighted by molar-refractivity contribution is 5.67. The van der Waals surface area contributed by atoms with Crippen molar-refractivity contribution < 1.29 is 23.1 Å². The van der Waals surface area contributed by atoms with Crippen LogP contribution in [-0.2, 0) is 4.79 Å². The van der Waals surface area contributed by atoms with Gasteiger partial charge in [0, 0.05) is 6.04 Å². The molecule has 0 radical (unpaired) electrons. The van der Waals surface area contributed by atoms with Crippen molar-refractivity contribution in [1.82, 2.24) is 0 Å². The van der Waals surface area contributed by atoms with Crippen molar-refractivity contribution in [2.24, 2.45) is 17.1 Å². The molecular weight excluding hydrogens is 223 g/mol. The van der Waals surface area contributed by atoms with Crippen LogP contribution < -0.4 is 5.73 Å². The Morgan fingerprint density at radius 2 is 2.00 bits per heavy atom. The predicted molar refractivity (Wildman–Crippen MR) is 51.7 cm³/mol. The van der Waals surface area contributed by atoms with E-state index in [0.717, 1.165) is 12.8 Å². The minimum atomic E-state index is -4.48. The molecule has 0 aromatic rings. The van der Waals surface area contributed by atoms with Crippen LogP contribution in [0.3, 0.4) is 0 Å². The monoisotopic (exact) mass is 239 g/mol. The molecule has 0 amide bonds. The lowest BCUT2D eigenvalue weighted by Gasteiger charge is -2.25. The second kappa shape index (κ2) is 4.24. The van der Waals surface area contributed by atoms with Crippen molar-refractivity contribution in [3.05, 3.63) is 0 Å². The Bertz CT molecular complexity index is 274. The summed E-state index contributed by atoms with van der Waals surface area (Å²) < 4.78 is 37.6. The summed E-state index contributed by atoms with van der Waals surface area (Å²) in [4.78, 5) is 10.4. The summed E-state index contributed by atoms with van der Waals surface area (Å²) in [7, 11) is 0. The second-order valence-corrected chi connectivity index (χ2v) is 4.83. The molecule has 1 saturated carbocycles. The molecule has 94 valence electrons. The summed E-state index contributed by atoms with van der Waals surface area (Å²) in [5, 5.41) is 8.44. The fraction of sp³-hybridized carbons (Fsp3) is 0.900. The van der Waals surface area contributed by atoms with E-state index in [9.17, 15) is 18.0 Å². The maximum atomic E-state index is 12.5. The largest absolute Gasteiger partial charge is 0.481 e. The van der Waals surface area contributed by atoms with Gasteiger partial charge in [0.1, 0.15) is 0 Å². The van der Waals surface area contributed by atoms with Gasteiger partial charge >= 0.3 is 12.1 Å². The molecule has 6 heteroatoms. The van der Waals surface area contributed by atoms with Crippen LogP contribution in [0.5, 0.6) is 0 Å². The lowest BCUT2D eigenvalue weighted by Crippen LogP contribution is -2.37. The first-order chi connectivity index (χ1) is 7.15. The second-order valence-electron chi connectivity index (χ2n) is 4.83. The smallest absolute Gasteiger partial charge is 0.392 e. The van der Waals surface area contributed by atoms with Gasteiger partial charge in [-0.2, -0.15) is 13.2 Å². The van der Waals surface area contributed by atoms with Crippen molar-refractivity contribution in [1.29, 1.82) is 0 Å². The van der Waals surface area contributed by atoms with Gasteiger partial charge in [0.15, 0.2) is 0 Å². The molecule has 1 aliphatic rings. The maximum absolute atomic E-state index is 12.5. The third-order valence-electron chi connectivity index (χ3n) is 3.36. The molecule has 2 atom stereocenters. The number of carbonyl (C=O) groups is 1. The van der Waals surface area contributed by atoms with E-state index in [-0.39, 0.29) is 11.8 Å². The average molecular weight is 239 g/mol. The quantitative estimate of drug-likeness (QED) is 0.772. The molecule has 0 aromatic heterocycles. The zero-order valence-electron chi connectivity index (χ0n) is 9.05. The van der Waals surface area contributed by atoms with Crippen molar-refractivity contribution >= 4 is 5.97 Å². The topological polar surface area (TPSA) is 63.3 Å². The Morgan fingerprint density at radius 1 is 1.50 bits per heavy atom. The lowest BCUT2D eigenvalue weighted by atomic mass is 9.88. The third kappa shape index (κ3) is 3.37. The number of hydrogen-bond acceptors (Lipinski definition) is 2. The predicted octanol–water partition coefficient (Wildman–Crippen LogP) is 2.16. The van der Waals surface area contributed by atoms with Gasteiger partial charge in [-0.1, -0.05) is 6.92 Å². The fourth-order valence-electron chi connectivity index (χ4n) is 1.70. The van der Waals surface area contributed by atoms with Crippen LogP contribution in [0, 0.1) is 11.3 Å². The van der Waals surface area contributed by atoms with Crippen LogP contribution in [0.1, 0.15) is 32.6 Å². The van der Waals surface area contributed by atoms with Crippen LogP contribution >= 0.6 is 0 Å². The molecule has 1 aliphatic carbocycles. The van der Waals surface area contributed by atoms with Gasteiger partial charge in [0.2, 0.25) is 0 Å². The summed E-state index contributed by atoms with van der Waals surface area (Å²) in [5.41, 5.74) is 5.47. The Kier molecular flexibility index (Phi) is 3.52. The fourth-order valence-corrected chi connectivity index (χ4v) is 1.70. The number of carboxylic acid groups (broad SMARTS) is 1. The number of halogens is 3. The van der Waals surface area contributed by atoms with Gasteiger partial charge in [-0.15, -0.1) is 0 Å². The van der Waals surface area contributed by atoms with Gasteiger partial charge in [0.25, 0.3) is 0 Å². The van der Waals surface area contributed by atoms with E-state index >= 15 is 0 Å². The summed E-state index contributed by atoms with van der Waals surface area (Å²) >= 11 is 0. The Morgan fingerprint density at radius 3 is 2.31 bits per heavy atom. The number of aliphatic carboxylic acids is 1. The van der Waals surface area contributed by atoms with Crippen LogP contribution in [0.15, 0.2) is 0 Å². The van der Waals surface area contributed by atoms with Crippen LogP contribution in [-0.4, -0.2) is 23.3 Å². The van der Waals surface area contributed by atoms with Crippen molar-refractivity contribution in [2.75, 3.05) is 0 Å². The SMILES string of the molecule is CC1([C@@H](N)C[C@H](CC(=O)O)C(F)(F)F)CC1. The van der Waals surface area contributed by atoms with Crippen molar-refractivity contribution in [3.8, 4) is 0 Å². The van der Waals surface area contributed by atoms with Crippen LogP contribution in [0.2, 0.25) is 0 Å². The van der Waals surface area contributed by atoms with Crippen LogP contribution in [0.25, 0.3) is 0 Å². The Labute approximate surface area is 91.8 Å². The molecule has 0 heterocycles. The number of rotatable bonds is 5. The number of nitrogens with two attached hydrogens (primary N) is 1. The van der Waals surface area contributed by atoms with Crippen molar-refractivity contribution in [2.45, 2.75) is 44.8 Å². The molecule has 16 heavy (non-hydrogen) atoms. The maximum Gasteiger partial charge on any atom is 0.392 e. The minimum absolute atomic E-state index is 0.220. The molecule has 0 saturated heterocycles.